The number of anilines is 2. The van der Waals surface area contributed by atoms with Crippen LogP contribution in [0.4, 0.5) is 11.5 Å². The monoisotopic (exact) mass is 254 g/mol. The third-order valence-electron chi connectivity index (χ3n) is 2.78. The third-order valence-corrected chi connectivity index (χ3v) is 3.00. The van der Waals surface area contributed by atoms with Crippen molar-refractivity contribution in [3.05, 3.63) is 65.8 Å². The second kappa shape index (κ2) is 4.67. The molecule has 3 heteroatoms. The van der Waals surface area contributed by atoms with Crippen LogP contribution in [0.15, 0.2) is 60.8 Å². The maximum absolute atomic E-state index is 5.82. The Labute approximate surface area is 110 Å². The van der Waals surface area contributed by atoms with Gasteiger partial charge in [0, 0.05) is 17.3 Å². The zero-order chi connectivity index (χ0) is 12.4. The van der Waals surface area contributed by atoms with Gasteiger partial charge in [0.2, 0.25) is 0 Å². The van der Waals surface area contributed by atoms with E-state index in [0.29, 0.717) is 5.02 Å². The second-order valence-corrected chi connectivity index (χ2v) is 4.45. The molecule has 0 spiro atoms. The van der Waals surface area contributed by atoms with Gasteiger partial charge in [-0.1, -0.05) is 48.0 Å². The van der Waals surface area contributed by atoms with Gasteiger partial charge in [-0.05, 0) is 23.6 Å². The molecule has 88 valence electrons. The molecule has 0 saturated heterocycles. The summed E-state index contributed by atoms with van der Waals surface area (Å²) >= 11 is 5.82. The van der Waals surface area contributed by atoms with Crippen molar-refractivity contribution in [2.24, 2.45) is 0 Å². The SMILES string of the molecule is Clc1ccc(Nc2cccc3ccccc23)nc1. The number of pyridine rings is 1. The standard InChI is InChI=1S/C15H11ClN2/c16-12-8-9-15(17-10-12)18-14-7-3-5-11-4-1-2-6-13(11)14/h1-10H,(H,17,18). The summed E-state index contributed by atoms with van der Waals surface area (Å²) in [4.78, 5) is 4.24. The van der Waals surface area contributed by atoms with E-state index in [0.717, 1.165) is 11.5 Å². The van der Waals surface area contributed by atoms with Crippen LogP contribution < -0.4 is 5.32 Å². The van der Waals surface area contributed by atoms with Crippen LogP contribution >= 0.6 is 11.6 Å². The highest BCUT2D eigenvalue weighted by atomic mass is 35.5. The molecule has 0 aliphatic rings. The Kier molecular flexibility index (Phi) is 2.87. The van der Waals surface area contributed by atoms with E-state index in [1.54, 1.807) is 6.20 Å². The second-order valence-electron chi connectivity index (χ2n) is 4.01. The van der Waals surface area contributed by atoms with Crippen molar-refractivity contribution in [2.45, 2.75) is 0 Å². The molecular formula is C15H11ClN2. The summed E-state index contributed by atoms with van der Waals surface area (Å²) in [5, 5.41) is 6.32. The first-order chi connectivity index (χ1) is 8.83. The highest BCUT2D eigenvalue weighted by Gasteiger charge is 2.01. The molecule has 2 nitrogen and oxygen atoms in total. The van der Waals surface area contributed by atoms with E-state index < -0.39 is 0 Å². The summed E-state index contributed by atoms with van der Waals surface area (Å²) in [6.07, 6.45) is 1.63. The van der Waals surface area contributed by atoms with Crippen LogP contribution in [0.3, 0.4) is 0 Å². The van der Waals surface area contributed by atoms with Crippen LogP contribution in [-0.2, 0) is 0 Å². The van der Waals surface area contributed by atoms with Crippen LogP contribution in [0.5, 0.6) is 0 Å². The first kappa shape index (κ1) is 11.1. The van der Waals surface area contributed by atoms with Crippen LogP contribution in [0.2, 0.25) is 5.02 Å². The Hall–Kier alpha value is -2.06. The lowest BCUT2D eigenvalue weighted by Crippen LogP contribution is -1.93. The average Bonchev–Trinajstić information content (AvgIpc) is 2.42. The van der Waals surface area contributed by atoms with Crippen molar-refractivity contribution in [2.75, 3.05) is 5.32 Å². The van der Waals surface area contributed by atoms with Gasteiger partial charge in [-0.25, -0.2) is 4.98 Å². The lowest BCUT2D eigenvalue weighted by atomic mass is 10.1. The molecule has 3 aromatic rings. The zero-order valence-corrected chi connectivity index (χ0v) is 10.4. The largest absolute Gasteiger partial charge is 0.340 e. The number of hydrogen-bond donors (Lipinski definition) is 1. The average molecular weight is 255 g/mol. The van der Waals surface area contributed by atoms with Crippen molar-refractivity contribution in [1.82, 2.24) is 4.98 Å². The van der Waals surface area contributed by atoms with E-state index in [1.165, 1.54) is 10.8 Å². The molecular weight excluding hydrogens is 244 g/mol. The molecule has 0 unspecified atom stereocenters. The minimum Gasteiger partial charge on any atom is -0.340 e. The quantitative estimate of drug-likeness (QED) is 0.721. The maximum Gasteiger partial charge on any atom is 0.130 e. The summed E-state index contributed by atoms with van der Waals surface area (Å²) in [7, 11) is 0. The number of aromatic nitrogens is 1. The Morgan fingerprint density at radius 2 is 1.72 bits per heavy atom. The summed E-state index contributed by atoms with van der Waals surface area (Å²) in [5.74, 6) is 0.788. The van der Waals surface area contributed by atoms with Gasteiger partial charge < -0.3 is 5.32 Å². The van der Waals surface area contributed by atoms with Gasteiger partial charge >= 0.3 is 0 Å². The molecule has 1 N–H and O–H groups in total. The highest BCUT2D eigenvalue weighted by molar-refractivity contribution is 6.30. The van der Waals surface area contributed by atoms with E-state index in [-0.39, 0.29) is 0 Å². The third kappa shape index (κ3) is 2.15. The minimum atomic E-state index is 0.637. The molecule has 0 fully saturated rings. The smallest absolute Gasteiger partial charge is 0.130 e. The number of nitrogens with zero attached hydrogens (tertiary/aromatic N) is 1. The first-order valence-electron chi connectivity index (χ1n) is 5.69. The van der Waals surface area contributed by atoms with Crippen LogP contribution in [0.25, 0.3) is 10.8 Å². The van der Waals surface area contributed by atoms with E-state index >= 15 is 0 Å². The van der Waals surface area contributed by atoms with Gasteiger partial charge in [-0.2, -0.15) is 0 Å². The van der Waals surface area contributed by atoms with Crippen molar-refractivity contribution in [1.29, 1.82) is 0 Å². The molecule has 0 bridgehead atoms. The number of benzene rings is 2. The molecule has 1 heterocycles. The highest BCUT2D eigenvalue weighted by Crippen LogP contribution is 2.25. The zero-order valence-electron chi connectivity index (χ0n) is 9.60. The lowest BCUT2D eigenvalue weighted by molar-refractivity contribution is 1.31. The van der Waals surface area contributed by atoms with Gasteiger partial charge in [0.05, 0.1) is 5.02 Å². The van der Waals surface area contributed by atoms with Crippen LogP contribution in [0, 0.1) is 0 Å². The maximum atomic E-state index is 5.82. The molecule has 18 heavy (non-hydrogen) atoms. The topological polar surface area (TPSA) is 24.9 Å². The molecule has 0 aliphatic heterocycles. The Morgan fingerprint density at radius 1 is 0.889 bits per heavy atom. The number of fused-ring (bicyclic) bond motifs is 1. The van der Waals surface area contributed by atoms with Gasteiger partial charge in [-0.15, -0.1) is 0 Å². The fourth-order valence-electron chi connectivity index (χ4n) is 1.92. The summed E-state index contributed by atoms with van der Waals surface area (Å²) in [6.45, 7) is 0. The predicted molar refractivity (Wildman–Crippen MR) is 76.5 cm³/mol. The summed E-state index contributed by atoms with van der Waals surface area (Å²) in [6, 6.07) is 18.1. The van der Waals surface area contributed by atoms with E-state index in [1.807, 2.05) is 36.4 Å². The van der Waals surface area contributed by atoms with Crippen molar-refractivity contribution in [3.8, 4) is 0 Å². The Balaban J connectivity index is 2.02. The van der Waals surface area contributed by atoms with Gasteiger partial charge in [-0.3, -0.25) is 0 Å². The van der Waals surface area contributed by atoms with Gasteiger partial charge in [0.15, 0.2) is 0 Å². The van der Waals surface area contributed by atoms with Crippen LogP contribution in [-0.4, -0.2) is 4.98 Å². The van der Waals surface area contributed by atoms with E-state index in [2.05, 4.69) is 28.5 Å². The van der Waals surface area contributed by atoms with Crippen LogP contribution in [0.1, 0.15) is 0 Å². The molecule has 0 amide bonds. The van der Waals surface area contributed by atoms with Crippen molar-refractivity contribution in [3.63, 3.8) is 0 Å². The van der Waals surface area contributed by atoms with Crippen molar-refractivity contribution < 1.29 is 0 Å². The molecule has 0 atom stereocenters. The molecule has 1 aromatic heterocycles. The molecule has 0 radical (unpaired) electrons. The van der Waals surface area contributed by atoms with E-state index in [4.69, 9.17) is 11.6 Å². The molecule has 0 aliphatic carbocycles. The summed E-state index contributed by atoms with van der Waals surface area (Å²) < 4.78 is 0. The minimum absolute atomic E-state index is 0.637. The number of nitrogens with one attached hydrogen (secondary N) is 1. The fourth-order valence-corrected chi connectivity index (χ4v) is 2.03. The lowest BCUT2D eigenvalue weighted by Gasteiger charge is -2.08. The molecule has 3 rings (SSSR count). The number of rotatable bonds is 2. The van der Waals surface area contributed by atoms with Crippen molar-refractivity contribution >= 4 is 33.9 Å². The first-order valence-corrected chi connectivity index (χ1v) is 6.07. The predicted octanol–water partition coefficient (Wildman–Crippen LogP) is 4.63. The normalized spacial score (nSPS) is 10.5. The molecule has 0 saturated carbocycles. The number of halogens is 1. The Bertz CT molecular complexity index is 672. The summed E-state index contributed by atoms with van der Waals surface area (Å²) in [5.41, 5.74) is 1.04. The van der Waals surface area contributed by atoms with E-state index in [9.17, 15) is 0 Å². The fraction of sp³-hybridized carbons (Fsp3) is 0. The number of hydrogen-bond acceptors (Lipinski definition) is 2. The molecule has 2 aromatic carbocycles. The Morgan fingerprint density at radius 3 is 2.56 bits per heavy atom. The van der Waals surface area contributed by atoms with Gasteiger partial charge in [0.1, 0.15) is 5.82 Å². The van der Waals surface area contributed by atoms with Gasteiger partial charge in [0.25, 0.3) is 0 Å².